The van der Waals surface area contributed by atoms with Gasteiger partial charge in [-0.05, 0) is 49.1 Å². The Hall–Kier alpha value is -3.16. The monoisotopic (exact) mass is 512 g/mol. The number of fused-ring (bicyclic) bond motifs is 2. The first kappa shape index (κ1) is 24.5. The summed E-state index contributed by atoms with van der Waals surface area (Å²) in [4.78, 5) is 11.7. The van der Waals surface area contributed by atoms with Gasteiger partial charge in [0, 0.05) is 48.0 Å². The number of aryl methyl sites for hydroxylation is 1. The second kappa shape index (κ2) is 10.1. The molecule has 4 heterocycles. The van der Waals surface area contributed by atoms with Gasteiger partial charge in [0.15, 0.2) is 0 Å². The minimum atomic E-state index is -4.24. The van der Waals surface area contributed by atoms with Crippen molar-refractivity contribution in [2.24, 2.45) is 0 Å². The van der Waals surface area contributed by atoms with Crippen LogP contribution in [0.15, 0.2) is 36.7 Å². The van der Waals surface area contributed by atoms with E-state index in [1.807, 2.05) is 6.07 Å². The summed E-state index contributed by atoms with van der Waals surface area (Å²) in [6.45, 7) is 5.60. The number of hydrogen-bond acceptors (Lipinski definition) is 6. The fourth-order valence-corrected chi connectivity index (χ4v) is 5.99. The highest BCUT2D eigenvalue weighted by molar-refractivity contribution is 7.18. The molecule has 0 amide bonds. The van der Waals surface area contributed by atoms with Gasteiger partial charge < -0.3 is 9.88 Å². The quantitative estimate of drug-likeness (QED) is 0.324. The third-order valence-corrected chi connectivity index (χ3v) is 7.66. The van der Waals surface area contributed by atoms with Gasteiger partial charge >= 0.3 is 6.18 Å². The summed E-state index contributed by atoms with van der Waals surface area (Å²) in [5.41, 5.74) is 3.02. The number of alkyl halides is 3. The van der Waals surface area contributed by atoms with Crippen LogP contribution in [0.25, 0.3) is 21.1 Å². The molecule has 4 aromatic rings. The van der Waals surface area contributed by atoms with Crippen molar-refractivity contribution >= 4 is 38.3 Å². The zero-order valence-corrected chi connectivity index (χ0v) is 20.8. The van der Waals surface area contributed by atoms with Crippen LogP contribution in [0, 0.1) is 11.3 Å². The van der Waals surface area contributed by atoms with Gasteiger partial charge in [0.25, 0.3) is 0 Å². The van der Waals surface area contributed by atoms with Crippen LogP contribution in [0.5, 0.6) is 0 Å². The number of rotatable bonds is 7. The second-order valence-electron chi connectivity index (χ2n) is 9.33. The summed E-state index contributed by atoms with van der Waals surface area (Å²) in [6.07, 6.45) is -0.965. The molecular weight excluding hydrogens is 485 g/mol. The number of nitrogens with one attached hydrogen (secondary N) is 1. The van der Waals surface area contributed by atoms with Crippen molar-refractivity contribution in [2.45, 2.75) is 57.9 Å². The Morgan fingerprint density at radius 1 is 1.17 bits per heavy atom. The zero-order chi connectivity index (χ0) is 25.3. The smallest absolute Gasteiger partial charge is 0.367 e. The van der Waals surface area contributed by atoms with Crippen LogP contribution in [0.1, 0.15) is 42.3 Å². The SMILES string of the molecule is CCCn1c(C#N)cc2cc(CN3CCC(Nc4ncnc5sc(CC(F)(F)F)cc45)CC3)ccc21. The molecule has 1 saturated heterocycles. The maximum atomic E-state index is 12.8. The fourth-order valence-electron chi connectivity index (χ4n) is 4.97. The van der Waals surface area contributed by atoms with Crippen LogP contribution in [0.2, 0.25) is 0 Å². The van der Waals surface area contributed by atoms with Crippen LogP contribution in [0.3, 0.4) is 0 Å². The van der Waals surface area contributed by atoms with E-state index >= 15 is 0 Å². The lowest BCUT2D eigenvalue weighted by atomic mass is 10.0. The van der Waals surface area contributed by atoms with Gasteiger partial charge in [0.2, 0.25) is 0 Å². The molecule has 1 N–H and O–H groups in total. The zero-order valence-electron chi connectivity index (χ0n) is 20.0. The molecule has 1 aliphatic heterocycles. The Kier molecular flexibility index (Phi) is 6.86. The Labute approximate surface area is 211 Å². The van der Waals surface area contributed by atoms with E-state index in [2.05, 4.69) is 55.9 Å². The van der Waals surface area contributed by atoms with Crippen LogP contribution < -0.4 is 5.32 Å². The standard InChI is InChI=1S/C26H27F3N6S/c1-2-7-35-20(14-30)11-18-10-17(3-4-23(18)35)15-34-8-5-19(6-9-34)33-24-22-12-21(13-26(27,28)29)36-25(22)32-16-31-24/h3-4,10-12,16,19H,2,5-9,13,15H2,1H3,(H,31,32,33). The first-order valence-electron chi connectivity index (χ1n) is 12.1. The average Bonchev–Trinajstić information content (AvgIpc) is 3.40. The third kappa shape index (κ3) is 5.32. The summed E-state index contributed by atoms with van der Waals surface area (Å²) in [5, 5.41) is 14.7. The molecule has 1 aromatic carbocycles. The molecular formula is C26H27F3N6S. The lowest BCUT2D eigenvalue weighted by Crippen LogP contribution is -2.38. The Morgan fingerprint density at radius 2 is 1.97 bits per heavy atom. The van der Waals surface area contributed by atoms with Crippen LogP contribution in [-0.2, 0) is 19.5 Å². The number of nitriles is 1. The molecule has 10 heteroatoms. The number of hydrogen-bond donors (Lipinski definition) is 1. The Balaban J connectivity index is 1.21. The Morgan fingerprint density at radius 3 is 2.69 bits per heavy atom. The normalized spacial score (nSPS) is 15.5. The highest BCUT2D eigenvalue weighted by Gasteiger charge is 2.29. The molecule has 188 valence electrons. The summed E-state index contributed by atoms with van der Waals surface area (Å²) in [5.74, 6) is 0.610. The molecule has 6 nitrogen and oxygen atoms in total. The predicted octanol–water partition coefficient (Wildman–Crippen LogP) is 6.11. The molecule has 1 aliphatic rings. The van der Waals surface area contributed by atoms with Crippen molar-refractivity contribution in [3.63, 3.8) is 0 Å². The number of anilines is 1. The number of thiophene rings is 1. The van der Waals surface area contributed by atoms with Crippen molar-refractivity contribution in [3.05, 3.63) is 52.8 Å². The van der Waals surface area contributed by atoms with Gasteiger partial charge in [-0.15, -0.1) is 11.3 Å². The van der Waals surface area contributed by atoms with Gasteiger partial charge in [0.05, 0.1) is 11.8 Å². The molecule has 0 radical (unpaired) electrons. The third-order valence-electron chi connectivity index (χ3n) is 6.62. The van der Waals surface area contributed by atoms with Crippen LogP contribution in [-0.4, -0.2) is 44.7 Å². The topological polar surface area (TPSA) is 69.8 Å². The molecule has 0 unspecified atom stereocenters. The lowest BCUT2D eigenvalue weighted by Gasteiger charge is -2.32. The molecule has 0 saturated carbocycles. The number of piperidine rings is 1. The number of aromatic nitrogens is 3. The fraction of sp³-hybridized carbons (Fsp3) is 0.423. The average molecular weight is 513 g/mol. The molecule has 5 rings (SSSR count). The molecule has 0 bridgehead atoms. The van der Waals surface area contributed by atoms with E-state index in [0.29, 0.717) is 21.7 Å². The summed E-state index contributed by atoms with van der Waals surface area (Å²) in [7, 11) is 0. The van der Waals surface area contributed by atoms with Gasteiger partial charge in [-0.1, -0.05) is 13.0 Å². The van der Waals surface area contributed by atoms with Gasteiger partial charge in [-0.3, -0.25) is 4.90 Å². The number of halogens is 3. The maximum absolute atomic E-state index is 12.8. The van der Waals surface area contributed by atoms with Crippen molar-refractivity contribution < 1.29 is 13.2 Å². The maximum Gasteiger partial charge on any atom is 0.393 e. The van der Waals surface area contributed by atoms with Crippen molar-refractivity contribution in [3.8, 4) is 6.07 Å². The predicted molar refractivity (Wildman–Crippen MR) is 136 cm³/mol. The summed E-state index contributed by atoms with van der Waals surface area (Å²) < 4.78 is 40.5. The van der Waals surface area contributed by atoms with E-state index < -0.39 is 12.6 Å². The van der Waals surface area contributed by atoms with E-state index in [4.69, 9.17) is 0 Å². The van der Waals surface area contributed by atoms with Gasteiger partial charge in [-0.25, -0.2) is 9.97 Å². The highest BCUT2D eigenvalue weighted by atomic mass is 32.1. The van der Waals surface area contributed by atoms with Crippen LogP contribution in [0.4, 0.5) is 19.0 Å². The molecule has 0 aliphatic carbocycles. The second-order valence-corrected chi connectivity index (χ2v) is 10.4. The van der Waals surface area contributed by atoms with Crippen molar-refractivity contribution in [1.29, 1.82) is 5.26 Å². The van der Waals surface area contributed by atoms with Crippen molar-refractivity contribution in [2.75, 3.05) is 18.4 Å². The molecule has 0 spiro atoms. The van der Waals surface area contributed by atoms with Gasteiger partial charge in [-0.2, -0.15) is 18.4 Å². The first-order chi connectivity index (χ1) is 17.3. The molecule has 1 fully saturated rings. The molecule has 0 atom stereocenters. The largest absolute Gasteiger partial charge is 0.393 e. The summed E-state index contributed by atoms with van der Waals surface area (Å²) in [6, 6.07) is 12.5. The van der Waals surface area contributed by atoms with Crippen LogP contribution >= 0.6 is 11.3 Å². The Bertz CT molecular complexity index is 1410. The first-order valence-corrected chi connectivity index (χ1v) is 13.0. The van der Waals surface area contributed by atoms with E-state index in [0.717, 1.165) is 67.7 Å². The number of benzene rings is 1. The van der Waals surface area contributed by atoms with E-state index in [1.165, 1.54) is 11.9 Å². The lowest BCUT2D eigenvalue weighted by molar-refractivity contribution is -0.126. The molecule has 3 aromatic heterocycles. The number of nitrogens with zero attached hydrogens (tertiary/aromatic N) is 5. The van der Waals surface area contributed by atoms with E-state index in [1.54, 1.807) is 6.07 Å². The minimum Gasteiger partial charge on any atom is -0.367 e. The van der Waals surface area contributed by atoms with Gasteiger partial charge in [0.1, 0.15) is 28.7 Å². The minimum absolute atomic E-state index is 0.203. The highest BCUT2D eigenvalue weighted by Crippen LogP contribution is 2.33. The number of likely N-dealkylation sites (tertiary alicyclic amines) is 1. The van der Waals surface area contributed by atoms with Crippen molar-refractivity contribution in [1.82, 2.24) is 19.4 Å². The van der Waals surface area contributed by atoms with E-state index in [-0.39, 0.29) is 10.9 Å². The molecule has 36 heavy (non-hydrogen) atoms. The van der Waals surface area contributed by atoms with E-state index in [9.17, 15) is 18.4 Å². The summed E-state index contributed by atoms with van der Waals surface area (Å²) >= 11 is 1.07.